The number of amides is 1. The maximum atomic E-state index is 12.4. The first kappa shape index (κ1) is 15.3. The number of hydrogen-bond acceptors (Lipinski definition) is 7. The average molecular weight is 341 g/mol. The number of likely N-dealkylation sites (tertiary alicyclic amines) is 1. The molecule has 3 aromatic rings. The summed E-state index contributed by atoms with van der Waals surface area (Å²) < 4.78 is 11.6. The Morgan fingerprint density at radius 1 is 1.32 bits per heavy atom. The van der Waals surface area contributed by atoms with Crippen LogP contribution < -0.4 is 5.56 Å². The van der Waals surface area contributed by atoms with Crippen LogP contribution in [-0.4, -0.2) is 43.8 Å². The van der Waals surface area contributed by atoms with Crippen LogP contribution >= 0.6 is 0 Å². The summed E-state index contributed by atoms with van der Waals surface area (Å²) in [5.74, 6) is 1.23. The van der Waals surface area contributed by atoms with Gasteiger partial charge in [0.25, 0.3) is 11.4 Å². The van der Waals surface area contributed by atoms with Gasteiger partial charge in [0.15, 0.2) is 11.6 Å². The Bertz CT molecular complexity index is 930. The Hall–Kier alpha value is -3.23. The van der Waals surface area contributed by atoms with Gasteiger partial charge in [0.2, 0.25) is 5.91 Å². The molecule has 1 saturated heterocycles. The molecule has 9 nitrogen and oxygen atoms in total. The van der Waals surface area contributed by atoms with Gasteiger partial charge in [0, 0.05) is 31.3 Å². The molecule has 4 heterocycles. The fourth-order valence-corrected chi connectivity index (χ4v) is 2.83. The highest BCUT2D eigenvalue weighted by Crippen LogP contribution is 2.27. The van der Waals surface area contributed by atoms with Crippen molar-refractivity contribution >= 4 is 5.91 Å². The fraction of sp³-hybridized carbons (Fsp3) is 0.312. The van der Waals surface area contributed by atoms with Crippen LogP contribution in [0.1, 0.15) is 18.2 Å². The van der Waals surface area contributed by atoms with Crippen molar-refractivity contribution in [2.45, 2.75) is 18.9 Å². The third-order valence-corrected chi connectivity index (χ3v) is 4.15. The van der Waals surface area contributed by atoms with Crippen LogP contribution in [0.25, 0.3) is 11.7 Å². The van der Waals surface area contributed by atoms with Crippen LogP contribution in [0.2, 0.25) is 0 Å². The molecule has 0 spiro atoms. The number of hydrogen-bond donors (Lipinski definition) is 0. The Morgan fingerprint density at radius 3 is 3.04 bits per heavy atom. The Balaban J connectivity index is 1.42. The molecule has 0 radical (unpaired) electrons. The molecule has 0 aromatic carbocycles. The zero-order valence-corrected chi connectivity index (χ0v) is 13.2. The summed E-state index contributed by atoms with van der Waals surface area (Å²) in [6.45, 7) is 0.990. The number of carbonyl (C=O) groups is 1. The van der Waals surface area contributed by atoms with Gasteiger partial charge >= 0.3 is 0 Å². The lowest BCUT2D eigenvalue weighted by Gasteiger charge is -2.15. The van der Waals surface area contributed by atoms with Crippen LogP contribution in [0.3, 0.4) is 0 Å². The molecule has 1 amide bonds. The Labute approximate surface area is 141 Å². The molecule has 9 heteroatoms. The lowest BCUT2D eigenvalue weighted by Crippen LogP contribution is -2.35. The molecule has 1 fully saturated rings. The van der Waals surface area contributed by atoms with Crippen molar-refractivity contribution < 1.29 is 13.7 Å². The number of rotatable bonds is 4. The van der Waals surface area contributed by atoms with E-state index in [0.29, 0.717) is 30.6 Å². The van der Waals surface area contributed by atoms with Crippen molar-refractivity contribution in [2.75, 3.05) is 13.1 Å². The summed E-state index contributed by atoms with van der Waals surface area (Å²) in [5, 5.41) is 7.90. The fourth-order valence-electron chi connectivity index (χ4n) is 2.83. The zero-order valence-electron chi connectivity index (χ0n) is 13.2. The third-order valence-electron chi connectivity index (χ3n) is 4.15. The quantitative estimate of drug-likeness (QED) is 0.694. The highest BCUT2D eigenvalue weighted by atomic mass is 16.5. The van der Waals surface area contributed by atoms with E-state index >= 15 is 0 Å². The molecule has 1 aliphatic heterocycles. The van der Waals surface area contributed by atoms with E-state index in [1.54, 1.807) is 23.1 Å². The van der Waals surface area contributed by atoms with Gasteiger partial charge in [-0.1, -0.05) is 5.16 Å². The van der Waals surface area contributed by atoms with Crippen molar-refractivity contribution in [1.29, 1.82) is 0 Å². The lowest BCUT2D eigenvalue weighted by molar-refractivity contribution is -0.131. The van der Waals surface area contributed by atoms with E-state index < -0.39 is 0 Å². The summed E-state index contributed by atoms with van der Waals surface area (Å²) >= 11 is 0. The topological polar surface area (TPSA) is 107 Å². The van der Waals surface area contributed by atoms with Crippen molar-refractivity contribution in [2.24, 2.45) is 0 Å². The monoisotopic (exact) mass is 341 g/mol. The maximum absolute atomic E-state index is 12.4. The predicted octanol–water partition coefficient (Wildman–Crippen LogP) is 0.902. The highest BCUT2D eigenvalue weighted by Gasteiger charge is 2.31. The molecular weight excluding hydrogens is 326 g/mol. The third kappa shape index (κ3) is 3.08. The molecular formula is C16H15N5O4. The summed E-state index contributed by atoms with van der Waals surface area (Å²) in [6.07, 6.45) is 3.76. The first-order valence-corrected chi connectivity index (χ1v) is 7.88. The van der Waals surface area contributed by atoms with Crippen molar-refractivity contribution in [1.82, 2.24) is 24.8 Å². The largest absolute Gasteiger partial charge is 0.459 e. The molecule has 4 rings (SSSR count). The van der Waals surface area contributed by atoms with Gasteiger partial charge in [-0.15, -0.1) is 0 Å². The SMILES string of the molecule is O=C(Cn1ncccc1=O)N1CC[C@@H](c2noc(-c3ccco3)n2)C1. The molecule has 128 valence electrons. The van der Waals surface area contributed by atoms with Gasteiger partial charge in [-0.2, -0.15) is 10.1 Å². The van der Waals surface area contributed by atoms with Crippen molar-refractivity contribution in [3.05, 3.63) is 52.9 Å². The molecule has 1 aliphatic rings. The Morgan fingerprint density at radius 2 is 2.24 bits per heavy atom. The van der Waals surface area contributed by atoms with Crippen LogP contribution in [0, 0.1) is 0 Å². The standard InChI is InChI=1S/C16H15N5O4/c22-13-4-1-6-17-21(13)10-14(23)20-7-5-11(9-20)15-18-16(25-19-15)12-3-2-8-24-12/h1-4,6,8,11H,5,7,9-10H2/t11-/m1/s1. The van der Waals surface area contributed by atoms with E-state index in [9.17, 15) is 9.59 Å². The van der Waals surface area contributed by atoms with Crippen LogP contribution in [0.5, 0.6) is 0 Å². The van der Waals surface area contributed by atoms with E-state index in [4.69, 9.17) is 8.94 Å². The molecule has 0 saturated carbocycles. The zero-order chi connectivity index (χ0) is 17.2. The second kappa shape index (κ2) is 6.34. The van der Waals surface area contributed by atoms with E-state index in [2.05, 4.69) is 15.2 Å². The molecule has 0 bridgehead atoms. The average Bonchev–Trinajstić information content (AvgIpc) is 3.36. The molecule has 0 aliphatic carbocycles. The van der Waals surface area contributed by atoms with Gasteiger partial charge in [-0.3, -0.25) is 9.59 Å². The second-order valence-corrected chi connectivity index (χ2v) is 5.78. The van der Waals surface area contributed by atoms with E-state index in [0.717, 1.165) is 11.1 Å². The molecule has 0 N–H and O–H groups in total. The van der Waals surface area contributed by atoms with Gasteiger partial charge in [0.05, 0.1) is 6.26 Å². The summed E-state index contributed by atoms with van der Waals surface area (Å²) in [5.41, 5.74) is -0.298. The van der Waals surface area contributed by atoms with Gasteiger partial charge in [0.1, 0.15) is 6.54 Å². The number of aromatic nitrogens is 4. The lowest BCUT2D eigenvalue weighted by atomic mass is 10.1. The number of nitrogens with zero attached hydrogens (tertiary/aromatic N) is 5. The Kier molecular flexibility index (Phi) is 3.88. The van der Waals surface area contributed by atoms with Crippen LogP contribution in [0.15, 0.2) is 50.5 Å². The summed E-state index contributed by atoms with van der Waals surface area (Å²) in [7, 11) is 0. The molecule has 1 atom stereocenters. The minimum absolute atomic E-state index is 0.00290. The van der Waals surface area contributed by atoms with E-state index in [-0.39, 0.29) is 23.9 Å². The van der Waals surface area contributed by atoms with E-state index in [1.807, 2.05) is 0 Å². The minimum Gasteiger partial charge on any atom is -0.459 e. The van der Waals surface area contributed by atoms with E-state index in [1.165, 1.54) is 18.5 Å². The van der Waals surface area contributed by atoms with Crippen LogP contribution in [0.4, 0.5) is 0 Å². The van der Waals surface area contributed by atoms with Gasteiger partial charge in [-0.25, -0.2) is 4.68 Å². The molecule has 25 heavy (non-hydrogen) atoms. The first-order valence-electron chi connectivity index (χ1n) is 7.88. The number of furan rings is 1. The normalized spacial score (nSPS) is 17.1. The highest BCUT2D eigenvalue weighted by molar-refractivity contribution is 5.76. The molecule has 3 aromatic heterocycles. The number of carbonyl (C=O) groups excluding carboxylic acids is 1. The van der Waals surface area contributed by atoms with Gasteiger partial charge in [-0.05, 0) is 24.6 Å². The minimum atomic E-state index is -0.298. The first-order chi connectivity index (χ1) is 12.2. The second-order valence-electron chi connectivity index (χ2n) is 5.78. The van der Waals surface area contributed by atoms with Crippen LogP contribution in [-0.2, 0) is 11.3 Å². The molecule has 0 unspecified atom stereocenters. The smallest absolute Gasteiger partial charge is 0.293 e. The summed E-state index contributed by atoms with van der Waals surface area (Å²) in [6, 6.07) is 6.41. The van der Waals surface area contributed by atoms with Crippen molar-refractivity contribution in [3.63, 3.8) is 0 Å². The van der Waals surface area contributed by atoms with Crippen molar-refractivity contribution in [3.8, 4) is 11.7 Å². The van der Waals surface area contributed by atoms with Gasteiger partial charge < -0.3 is 13.8 Å². The predicted molar refractivity (Wildman–Crippen MR) is 84.4 cm³/mol. The summed E-state index contributed by atoms with van der Waals surface area (Å²) in [4.78, 5) is 30.1. The maximum Gasteiger partial charge on any atom is 0.293 e.